The number of anilines is 1. The number of hydrogen-bond donors (Lipinski definition) is 1. The molecular weight excluding hydrogens is 352 g/mol. The third-order valence-electron chi connectivity index (χ3n) is 3.83. The van der Waals surface area contributed by atoms with Gasteiger partial charge in [0.25, 0.3) is 5.91 Å². The van der Waals surface area contributed by atoms with E-state index in [1.54, 1.807) is 26.1 Å². The molecule has 1 atom stereocenters. The summed E-state index contributed by atoms with van der Waals surface area (Å²) in [5, 5.41) is 3.21. The average molecular weight is 375 g/mol. The fourth-order valence-corrected chi connectivity index (χ4v) is 2.54. The van der Waals surface area contributed by atoms with Crippen LogP contribution in [-0.2, 0) is 9.59 Å². The molecule has 138 valence electrons. The second kappa shape index (κ2) is 8.72. The quantitative estimate of drug-likeness (QED) is 0.836. The van der Waals surface area contributed by atoms with E-state index < -0.39 is 6.10 Å². The highest BCUT2D eigenvalue weighted by molar-refractivity contribution is 6.32. The Morgan fingerprint density at radius 3 is 2.38 bits per heavy atom. The molecule has 6 heteroatoms. The van der Waals surface area contributed by atoms with Crippen LogP contribution in [0, 0.1) is 13.8 Å². The van der Waals surface area contributed by atoms with Gasteiger partial charge >= 0.3 is 0 Å². The van der Waals surface area contributed by atoms with E-state index in [4.69, 9.17) is 16.3 Å². The highest BCUT2D eigenvalue weighted by atomic mass is 35.5. The summed E-state index contributed by atoms with van der Waals surface area (Å²) in [5.41, 5.74) is 2.78. The Morgan fingerprint density at radius 1 is 1.12 bits per heavy atom. The third kappa shape index (κ3) is 5.49. The number of ether oxygens (including phenoxy) is 1. The van der Waals surface area contributed by atoms with Gasteiger partial charge in [0.1, 0.15) is 5.75 Å². The molecule has 0 saturated carbocycles. The minimum atomic E-state index is -0.758. The van der Waals surface area contributed by atoms with Crippen LogP contribution >= 0.6 is 11.6 Å². The minimum Gasteiger partial charge on any atom is -0.479 e. The summed E-state index contributed by atoms with van der Waals surface area (Å²) >= 11 is 6.10. The lowest BCUT2D eigenvalue weighted by Crippen LogP contribution is -2.42. The van der Waals surface area contributed by atoms with Gasteiger partial charge in [-0.2, -0.15) is 0 Å². The van der Waals surface area contributed by atoms with Crippen LogP contribution in [-0.4, -0.2) is 36.4 Å². The Kier molecular flexibility index (Phi) is 6.64. The van der Waals surface area contributed by atoms with Crippen LogP contribution in [0.5, 0.6) is 5.75 Å². The van der Waals surface area contributed by atoms with Gasteiger partial charge in [-0.3, -0.25) is 9.59 Å². The maximum absolute atomic E-state index is 12.5. The number of halogens is 1. The summed E-state index contributed by atoms with van der Waals surface area (Å²) in [4.78, 5) is 25.9. The molecule has 1 unspecified atom stereocenters. The van der Waals surface area contributed by atoms with Gasteiger partial charge < -0.3 is 15.0 Å². The van der Waals surface area contributed by atoms with Crippen molar-refractivity contribution in [3.05, 3.63) is 58.6 Å². The van der Waals surface area contributed by atoms with E-state index in [-0.39, 0.29) is 18.4 Å². The van der Waals surface area contributed by atoms with Crippen molar-refractivity contribution in [1.29, 1.82) is 0 Å². The molecule has 2 aromatic carbocycles. The Hall–Kier alpha value is -2.53. The van der Waals surface area contributed by atoms with Crippen molar-refractivity contribution in [2.75, 3.05) is 18.9 Å². The molecule has 5 nitrogen and oxygen atoms in total. The molecule has 2 aromatic rings. The van der Waals surface area contributed by atoms with Crippen molar-refractivity contribution in [2.24, 2.45) is 0 Å². The minimum absolute atomic E-state index is 0.0675. The first-order chi connectivity index (χ1) is 12.3. The molecule has 0 aliphatic carbocycles. The number of likely N-dealkylation sites (N-methyl/N-ethyl adjacent to an activating group) is 1. The van der Waals surface area contributed by atoms with Crippen LogP contribution in [0.4, 0.5) is 5.69 Å². The summed E-state index contributed by atoms with van der Waals surface area (Å²) in [5.74, 6) is -0.128. The fraction of sp³-hybridized carbons (Fsp3) is 0.300. The molecule has 0 aliphatic rings. The zero-order valence-electron chi connectivity index (χ0n) is 15.4. The Bertz CT molecular complexity index is 790. The lowest BCUT2D eigenvalue weighted by atomic mass is 10.2. The summed E-state index contributed by atoms with van der Waals surface area (Å²) < 4.78 is 5.67. The van der Waals surface area contributed by atoms with Crippen LogP contribution in [0.15, 0.2) is 42.5 Å². The van der Waals surface area contributed by atoms with Gasteiger partial charge in [0, 0.05) is 12.7 Å². The van der Waals surface area contributed by atoms with Gasteiger partial charge in [-0.05, 0) is 50.6 Å². The summed E-state index contributed by atoms with van der Waals surface area (Å²) in [6, 6.07) is 12.8. The number of amides is 2. The van der Waals surface area contributed by atoms with Crippen molar-refractivity contribution < 1.29 is 14.3 Å². The second-order valence-electron chi connectivity index (χ2n) is 6.30. The maximum atomic E-state index is 12.5. The van der Waals surface area contributed by atoms with Crippen molar-refractivity contribution >= 4 is 29.1 Å². The SMILES string of the molecule is Cc1ccc(NC(=O)CN(C)C(=O)C(C)Oc2cc(C)ccc2Cl)cc1. The molecule has 0 fully saturated rings. The number of carbonyl (C=O) groups excluding carboxylic acids is 2. The van der Waals surface area contributed by atoms with Gasteiger partial charge in [0.15, 0.2) is 6.10 Å². The van der Waals surface area contributed by atoms with Crippen LogP contribution in [0.3, 0.4) is 0 Å². The number of rotatable bonds is 6. The third-order valence-corrected chi connectivity index (χ3v) is 4.14. The molecule has 0 aliphatic heterocycles. The molecule has 0 heterocycles. The monoisotopic (exact) mass is 374 g/mol. The molecule has 0 spiro atoms. The number of nitrogens with zero attached hydrogens (tertiary/aromatic N) is 1. The molecule has 1 N–H and O–H groups in total. The van der Waals surface area contributed by atoms with Crippen LogP contribution in [0.25, 0.3) is 0 Å². The van der Waals surface area contributed by atoms with E-state index in [9.17, 15) is 9.59 Å². The largest absolute Gasteiger partial charge is 0.479 e. The van der Waals surface area contributed by atoms with Crippen LogP contribution < -0.4 is 10.1 Å². The Morgan fingerprint density at radius 2 is 1.73 bits per heavy atom. The zero-order valence-corrected chi connectivity index (χ0v) is 16.1. The van der Waals surface area contributed by atoms with Crippen molar-refractivity contribution in [1.82, 2.24) is 4.90 Å². The molecule has 0 bridgehead atoms. The first kappa shape index (κ1) is 19.8. The lowest BCUT2D eigenvalue weighted by molar-refractivity contribution is -0.139. The van der Waals surface area contributed by atoms with Crippen LogP contribution in [0.1, 0.15) is 18.1 Å². The second-order valence-corrected chi connectivity index (χ2v) is 6.71. The van der Waals surface area contributed by atoms with Crippen molar-refractivity contribution in [2.45, 2.75) is 26.9 Å². The van der Waals surface area contributed by atoms with E-state index in [1.165, 1.54) is 4.90 Å². The molecule has 2 amide bonds. The highest BCUT2D eigenvalue weighted by Crippen LogP contribution is 2.26. The highest BCUT2D eigenvalue weighted by Gasteiger charge is 2.22. The maximum Gasteiger partial charge on any atom is 0.263 e. The van der Waals surface area contributed by atoms with Gasteiger partial charge in [0.2, 0.25) is 5.91 Å². The Labute approximate surface area is 158 Å². The van der Waals surface area contributed by atoms with Gasteiger partial charge in [0.05, 0.1) is 11.6 Å². The predicted molar refractivity (Wildman–Crippen MR) is 104 cm³/mol. The first-order valence-electron chi connectivity index (χ1n) is 8.30. The molecule has 26 heavy (non-hydrogen) atoms. The fourth-order valence-electron chi connectivity index (χ4n) is 2.38. The normalized spacial score (nSPS) is 11.6. The summed E-state index contributed by atoms with van der Waals surface area (Å²) in [6.45, 7) is 5.45. The van der Waals surface area contributed by atoms with Crippen molar-refractivity contribution in [3.63, 3.8) is 0 Å². The molecule has 2 rings (SSSR count). The van der Waals surface area contributed by atoms with E-state index in [1.807, 2.05) is 44.2 Å². The molecule has 0 aromatic heterocycles. The molecular formula is C20H23ClN2O3. The van der Waals surface area contributed by atoms with E-state index in [0.29, 0.717) is 16.5 Å². The molecule has 0 saturated heterocycles. The van der Waals surface area contributed by atoms with Gasteiger partial charge in [-0.25, -0.2) is 0 Å². The predicted octanol–water partition coefficient (Wildman–Crippen LogP) is 3.82. The summed E-state index contributed by atoms with van der Waals surface area (Å²) in [6.07, 6.45) is -0.758. The van der Waals surface area contributed by atoms with Gasteiger partial charge in [-0.15, -0.1) is 0 Å². The standard InChI is InChI=1S/C20H23ClN2O3/c1-13-5-8-16(9-6-13)22-19(24)12-23(4)20(25)15(3)26-18-11-14(2)7-10-17(18)21/h5-11,15H,12H2,1-4H3,(H,22,24). The zero-order chi connectivity index (χ0) is 19.3. The van der Waals surface area contributed by atoms with E-state index in [0.717, 1.165) is 11.1 Å². The van der Waals surface area contributed by atoms with E-state index >= 15 is 0 Å². The van der Waals surface area contributed by atoms with E-state index in [2.05, 4.69) is 5.32 Å². The lowest BCUT2D eigenvalue weighted by Gasteiger charge is -2.22. The number of carbonyl (C=O) groups is 2. The Balaban J connectivity index is 1.92. The average Bonchev–Trinajstić information content (AvgIpc) is 2.59. The number of benzene rings is 2. The van der Waals surface area contributed by atoms with Crippen molar-refractivity contribution in [3.8, 4) is 5.75 Å². The summed E-state index contributed by atoms with van der Waals surface area (Å²) in [7, 11) is 1.56. The van der Waals surface area contributed by atoms with Gasteiger partial charge in [-0.1, -0.05) is 35.4 Å². The molecule has 0 radical (unpaired) electrons. The van der Waals surface area contributed by atoms with Crippen LogP contribution in [0.2, 0.25) is 5.02 Å². The number of aryl methyl sites for hydroxylation is 2. The smallest absolute Gasteiger partial charge is 0.263 e. The first-order valence-corrected chi connectivity index (χ1v) is 8.68. The number of nitrogens with one attached hydrogen (secondary N) is 1. The topological polar surface area (TPSA) is 58.6 Å². The number of hydrogen-bond acceptors (Lipinski definition) is 3.